The molecule has 0 aliphatic carbocycles. The molecule has 178 valence electrons. The number of nitrogens with one attached hydrogen (secondary N) is 1. The van der Waals surface area contributed by atoms with Crippen molar-refractivity contribution in [3.8, 4) is 0 Å². The van der Waals surface area contributed by atoms with Gasteiger partial charge in [-0.25, -0.2) is 8.42 Å². The summed E-state index contributed by atoms with van der Waals surface area (Å²) in [6.45, 7) is 8.45. The van der Waals surface area contributed by atoms with Crippen LogP contribution < -0.4 is 5.32 Å². The minimum absolute atomic E-state index is 0.0628. The van der Waals surface area contributed by atoms with Crippen molar-refractivity contribution in [2.75, 3.05) is 18.4 Å². The van der Waals surface area contributed by atoms with E-state index in [-0.39, 0.29) is 28.0 Å². The number of hydrogen-bond acceptors (Lipinski definition) is 7. The first-order valence-electron chi connectivity index (χ1n) is 10.2. The van der Waals surface area contributed by atoms with Gasteiger partial charge in [-0.3, -0.25) is 25.0 Å². The molecule has 11 nitrogen and oxygen atoms in total. The number of nitro benzene ring substituents is 2. The summed E-state index contributed by atoms with van der Waals surface area (Å²) in [5.41, 5.74) is -1.22. The van der Waals surface area contributed by atoms with Gasteiger partial charge in [-0.15, -0.1) is 0 Å². The largest absolute Gasteiger partial charge is 0.322 e. The zero-order chi connectivity index (χ0) is 24.9. The molecule has 0 radical (unpaired) electrons. The second-order valence-corrected chi connectivity index (χ2v) is 10.3. The smallest absolute Gasteiger partial charge is 0.277 e. The van der Waals surface area contributed by atoms with Crippen molar-refractivity contribution in [2.24, 2.45) is 11.8 Å². The number of rotatable bonds is 10. The Balaban J connectivity index is 2.28. The molecule has 0 fully saturated rings. The van der Waals surface area contributed by atoms with Gasteiger partial charge in [0.25, 0.3) is 17.3 Å². The third-order valence-electron chi connectivity index (χ3n) is 4.47. The average molecular weight is 479 g/mol. The summed E-state index contributed by atoms with van der Waals surface area (Å²) in [5.74, 6) is -0.536. The molecule has 1 amide bonds. The van der Waals surface area contributed by atoms with Crippen molar-refractivity contribution >= 4 is 33.0 Å². The van der Waals surface area contributed by atoms with Gasteiger partial charge in [-0.1, -0.05) is 27.7 Å². The monoisotopic (exact) mass is 478 g/mol. The van der Waals surface area contributed by atoms with Gasteiger partial charge in [-0.05, 0) is 36.1 Å². The fourth-order valence-electron chi connectivity index (χ4n) is 3.08. The third-order valence-corrected chi connectivity index (χ3v) is 6.32. The Morgan fingerprint density at radius 1 is 0.909 bits per heavy atom. The molecular weight excluding hydrogens is 452 g/mol. The molecule has 0 heterocycles. The molecule has 0 saturated carbocycles. The second kappa shape index (κ2) is 10.5. The lowest BCUT2D eigenvalue weighted by Crippen LogP contribution is -2.37. The molecule has 33 heavy (non-hydrogen) atoms. The highest BCUT2D eigenvalue weighted by molar-refractivity contribution is 7.89. The molecule has 0 spiro atoms. The molecule has 0 aromatic heterocycles. The van der Waals surface area contributed by atoms with Gasteiger partial charge in [0.15, 0.2) is 0 Å². The van der Waals surface area contributed by atoms with E-state index < -0.39 is 37.2 Å². The third kappa shape index (κ3) is 6.80. The van der Waals surface area contributed by atoms with E-state index >= 15 is 0 Å². The number of sulfonamides is 1. The van der Waals surface area contributed by atoms with Crippen LogP contribution in [-0.2, 0) is 10.0 Å². The zero-order valence-corrected chi connectivity index (χ0v) is 19.5. The maximum Gasteiger partial charge on any atom is 0.277 e. The number of hydrogen-bond donors (Lipinski definition) is 1. The number of nitrogens with zero attached hydrogens (tertiary/aromatic N) is 3. The molecule has 0 saturated heterocycles. The van der Waals surface area contributed by atoms with Gasteiger partial charge in [0.1, 0.15) is 0 Å². The van der Waals surface area contributed by atoms with E-state index in [1.807, 2.05) is 27.7 Å². The minimum Gasteiger partial charge on any atom is -0.322 e. The highest BCUT2D eigenvalue weighted by Gasteiger charge is 2.26. The van der Waals surface area contributed by atoms with Crippen molar-refractivity contribution in [1.29, 1.82) is 0 Å². The second-order valence-electron chi connectivity index (χ2n) is 8.34. The maximum atomic E-state index is 13.1. The predicted molar refractivity (Wildman–Crippen MR) is 123 cm³/mol. The van der Waals surface area contributed by atoms with E-state index in [0.717, 1.165) is 18.2 Å². The van der Waals surface area contributed by atoms with E-state index in [1.165, 1.54) is 28.6 Å². The fourth-order valence-corrected chi connectivity index (χ4v) is 4.85. The molecule has 2 aromatic carbocycles. The first-order valence-corrected chi connectivity index (χ1v) is 11.6. The summed E-state index contributed by atoms with van der Waals surface area (Å²) < 4.78 is 27.6. The molecule has 2 aromatic rings. The summed E-state index contributed by atoms with van der Waals surface area (Å²) in [7, 11) is -3.75. The number of anilines is 1. The summed E-state index contributed by atoms with van der Waals surface area (Å²) in [4.78, 5) is 33.0. The van der Waals surface area contributed by atoms with Crippen LogP contribution in [-0.4, -0.2) is 41.6 Å². The van der Waals surface area contributed by atoms with Gasteiger partial charge in [0, 0.05) is 30.9 Å². The molecule has 0 aliphatic rings. The van der Waals surface area contributed by atoms with Crippen molar-refractivity contribution < 1.29 is 23.1 Å². The fraction of sp³-hybridized carbons (Fsp3) is 0.381. The number of carbonyl (C=O) groups excluding carboxylic acids is 1. The minimum atomic E-state index is -3.75. The first kappa shape index (κ1) is 25.9. The average Bonchev–Trinajstić information content (AvgIpc) is 2.72. The number of benzene rings is 2. The van der Waals surface area contributed by atoms with Gasteiger partial charge in [-0.2, -0.15) is 4.31 Å². The van der Waals surface area contributed by atoms with E-state index in [2.05, 4.69) is 5.32 Å². The number of nitro groups is 2. The molecule has 0 unspecified atom stereocenters. The summed E-state index contributed by atoms with van der Waals surface area (Å²) in [6.07, 6.45) is 0. The summed E-state index contributed by atoms with van der Waals surface area (Å²) >= 11 is 0. The van der Waals surface area contributed by atoms with Crippen molar-refractivity contribution in [1.82, 2.24) is 4.31 Å². The predicted octanol–water partition coefficient (Wildman–Crippen LogP) is 4.06. The molecule has 1 N–H and O–H groups in total. The SMILES string of the molecule is CC(C)CN(CC(C)C)S(=O)(=O)c1ccc(NC(=O)c2cc([N+](=O)[O-])cc([N+](=O)[O-])c2)cc1. The summed E-state index contributed by atoms with van der Waals surface area (Å²) in [5, 5.41) is 24.5. The first-order chi connectivity index (χ1) is 15.3. The van der Waals surface area contributed by atoms with Crippen LogP contribution >= 0.6 is 0 Å². The Morgan fingerprint density at radius 2 is 1.36 bits per heavy atom. The van der Waals surface area contributed by atoms with Crippen LogP contribution in [0, 0.1) is 32.1 Å². The Kier molecular flexibility index (Phi) is 8.23. The van der Waals surface area contributed by atoms with Crippen LogP contribution in [0.15, 0.2) is 47.4 Å². The van der Waals surface area contributed by atoms with Gasteiger partial charge < -0.3 is 5.32 Å². The lowest BCUT2D eigenvalue weighted by Gasteiger charge is -2.25. The van der Waals surface area contributed by atoms with Crippen LogP contribution in [0.5, 0.6) is 0 Å². The molecule has 0 atom stereocenters. The van der Waals surface area contributed by atoms with Crippen LogP contribution in [0.4, 0.5) is 17.1 Å². The van der Waals surface area contributed by atoms with Crippen molar-refractivity contribution in [2.45, 2.75) is 32.6 Å². The lowest BCUT2D eigenvalue weighted by molar-refractivity contribution is -0.394. The number of amides is 1. The van der Waals surface area contributed by atoms with Crippen LogP contribution in [0.25, 0.3) is 0 Å². The van der Waals surface area contributed by atoms with E-state index in [0.29, 0.717) is 13.1 Å². The van der Waals surface area contributed by atoms with Crippen LogP contribution in [0.2, 0.25) is 0 Å². The standard InChI is InChI=1S/C21H26N4O7S/c1-14(2)12-23(13-15(3)4)33(31,32)20-7-5-17(6-8-20)22-21(26)16-9-18(24(27)28)11-19(10-16)25(29)30/h5-11,14-15H,12-13H2,1-4H3,(H,22,26). The Morgan fingerprint density at radius 3 is 1.76 bits per heavy atom. The lowest BCUT2D eigenvalue weighted by atomic mass is 10.1. The Hall–Kier alpha value is -3.38. The molecule has 2 rings (SSSR count). The normalized spacial score (nSPS) is 11.7. The van der Waals surface area contributed by atoms with Crippen molar-refractivity contribution in [3.05, 3.63) is 68.3 Å². The van der Waals surface area contributed by atoms with Gasteiger partial charge >= 0.3 is 0 Å². The molecular formula is C21H26N4O7S. The van der Waals surface area contributed by atoms with Gasteiger partial charge in [0.2, 0.25) is 10.0 Å². The van der Waals surface area contributed by atoms with E-state index in [4.69, 9.17) is 0 Å². The van der Waals surface area contributed by atoms with Gasteiger partial charge in [0.05, 0.1) is 26.4 Å². The molecule has 12 heteroatoms. The van der Waals surface area contributed by atoms with Crippen LogP contribution in [0.3, 0.4) is 0 Å². The molecule has 0 bridgehead atoms. The number of carbonyl (C=O) groups is 1. The van der Waals surface area contributed by atoms with E-state index in [9.17, 15) is 33.4 Å². The Bertz CT molecular complexity index is 1100. The number of non-ortho nitro benzene ring substituents is 2. The van der Waals surface area contributed by atoms with Crippen LogP contribution in [0.1, 0.15) is 38.1 Å². The van der Waals surface area contributed by atoms with Crippen molar-refractivity contribution in [3.63, 3.8) is 0 Å². The molecule has 0 aliphatic heterocycles. The topological polar surface area (TPSA) is 153 Å². The zero-order valence-electron chi connectivity index (χ0n) is 18.7. The van der Waals surface area contributed by atoms with E-state index in [1.54, 1.807) is 0 Å². The summed E-state index contributed by atoms with van der Waals surface area (Å²) in [6, 6.07) is 8.10. The maximum absolute atomic E-state index is 13.1. The quantitative estimate of drug-likeness (QED) is 0.399. The highest BCUT2D eigenvalue weighted by atomic mass is 32.2. The Labute approximate surface area is 191 Å². The highest BCUT2D eigenvalue weighted by Crippen LogP contribution is 2.24.